The first-order chi connectivity index (χ1) is 15.9. The molecule has 3 atom stereocenters. The minimum atomic E-state index is -0.274. The Bertz CT molecular complexity index is 1320. The lowest BCUT2D eigenvalue weighted by Crippen LogP contribution is -2.13. The smallest absolute Gasteiger partial charge is 0.217 e. The highest BCUT2D eigenvalue weighted by molar-refractivity contribution is 7.16. The molecule has 3 N–H and O–H groups in total. The Morgan fingerprint density at radius 1 is 1.24 bits per heavy atom. The molecule has 0 saturated heterocycles. The number of rotatable bonds is 8. The first-order valence-corrected chi connectivity index (χ1v) is 11.8. The van der Waals surface area contributed by atoms with Crippen molar-refractivity contribution in [2.24, 2.45) is 11.7 Å². The number of ether oxygens (including phenoxy) is 1. The largest absolute Gasteiger partial charge is 0.490 e. The van der Waals surface area contributed by atoms with Crippen LogP contribution in [0, 0.1) is 12.8 Å². The van der Waals surface area contributed by atoms with Crippen LogP contribution in [0.4, 0.5) is 5.82 Å². The molecule has 4 aromatic rings. The summed E-state index contributed by atoms with van der Waals surface area (Å²) < 4.78 is 7.18. The third-order valence-corrected chi connectivity index (χ3v) is 6.59. The number of fused-ring (bicyclic) bond motifs is 1. The summed E-state index contributed by atoms with van der Waals surface area (Å²) >= 11 is 1.62. The Morgan fingerprint density at radius 2 is 2.12 bits per heavy atom. The van der Waals surface area contributed by atoms with Gasteiger partial charge in [0.05, 0.1) is 27.5 Å². The molecule has 5 rings (SSSR count). The van der Waals surface area contributed by atoms with E-state index in [1.165, 1.54) is 0 Å². The van der Waals surface area contributed by atoms with Gasteiger partial charge in [0, 0.05) is 24.0 Å². The highest BCUT2D eigenvalue weighted by atomic mass is 32.1. The number of aryl methyl sites for hydroxylation is 1. The molecule has 1 fully saturated rings. The number of hydrogen-bond donors (Lipinski definition) is 2. The second-order valence-corrected chi connectivity index (χ2v) is 9.37. The van der Waals surface area contributed by atoms with Crippen molar-refractivity contribution in [2.45, 2.75) is 38.8 Å². The van der Waals surface area contributed by atoms with E-state index in [4.69, 9.17) is 10.5 Å². The number of carbonyl (C=O) groups excluding carboxylic acids is 1. The zero-order valence-corrected chi connectivity index (χ0v) is 19.3. The van der Waals surface area contributed by atoms with Crippen molar-refractivity contribution in [1.29, 1.82) is 0 Å². The van der Waals surface area contributed by atoms with Crippen LogP contribution in [0.2, 0.25) is 0 Å². The first kappa shape index (κ1) is 21.3. The molecule has 2 aromatic carbocycles. The first-order valence-electron chi connectivity index (χ1n) is 11.0. The standard InChI is InChI=1S/C25H25N5O2S/c1-14(16-4-3-5-19(8-16)32-22-9-18(22)11-24(26)31)28-25-12-21(29-15(2)30-25)17-6-7-20-23(10-17)33-13-27-20/h3-8,10,12-14,18,22H,9,11H2,1-2H3,(H2,26,31)(H,28,29,30). The van der Waals surface area contributed by atoms with Gasteiger partial charge in [-0.25, -0.2) is 15.0 Å². The maximum atomic E-state index is 11.1. The molecule has 8 heteroatoms. The van der Waals surface area contributed by atoms with Gasteiger partial charge in [0.25, 0.3) is 0 Å². The van der Waals surface area contributed by atoms with Crippen LogP contribution in [-0.4, -0.2) is 27.0 Å². The van der Waals surface area contributed by atoms with Gasteiger partial charge in [-0.15, -0.1) is 11.3 Å². The van der Waals surface area contributed by atoms with Crippen molar-refractivity contribution < 1.29 is 9.53 Å². The summed E-state index contributed by atoms with van der Waals surface area (Å²) in [7, 11) is 0. The minimum Gasteiger partial charge on any atom is -0.490 e. The normalized spacial score (nSPS) is 18.1. The predicted molar refractivity (Wildman–Crippen MR) is 130 cm³/mol. The van der Waals surface area contributed by atoms with Crippen molar-refractivity contribution in [3.63, 3.8) is 0 Å². The zero-order chi connectivity index (χ0) is 22.9. The number of primary amides is 1. The molecule has 3 unspecified atom stereocenters. The molecule has 2 aromatic heterocycles. The van der Waals surface area contributed by atoms with Gasteiger partial charge in [-0.05, 0) is 50.1 Å². The number of amides is 1. The van der Waals surface area contributed by atoms with Crippen LogP contribution in [0.5, 0.6) is 5.75 Å². The number of carbonyl (C=O) groups is 1. The fourth-order valence-electron chi connectivity index (χ4n) is 3.98. The second-order valence-electron chi connectivity index (χ2n) is 8.48. The van der Waals surface area contributed by atoms with E-state index in [1.54, 1.807) is 11.3 Å². The molecular formula is C25H25N5O2S. The summed E-state index contributed by atoms with van der Waals surface area (Å²) in [6.07, 6.45) is 1.32. The fraction of sp³-hybridized carbons (Fsp3) is 0.280. The van der Waals surface area contributed by atoms with Crippen LogP contribution in [0.3, 0.4) is 0 Å². The fourth-order valence-corrected chi connectivity index (χ4v) is 4.69. The summed E-state index contributed by atoms with van der Waals surface area (Å²) in [5, 5.41) is 3.49. The Labute approximate surface area is 196 Å². The topological polar surface area (TPSA) is 103 Å². The summed E-state index contributed by atoms with van der Waals surface area (Å²) in [5.74, 6) is 2.23. The molecule has 1 amide bonds. The molecule has 0 bridgehead atoms. The molecule has 0 aliphatic heterocycles. The van der Waals surface area contributed by atoms with Gasteiger partial charge >= 0.3 is 0 Å². The van der Waals surface area contributed by atoms with Gasteiger partial charge in [-0.1, -0.05) is 18.2 Å². The van der Waals surface area contributed by atoms with Gasteiger partial charge in [0.2, 0.25) is 5.91 Å². The minimum absolute atomic E-state index is 0.0142. The van der Waals surface area contributed by atoms with Crippen LogP contribution >= 0.6 is 11.3 Å². The Morgan fingerprint density at radius 3 is 2.97 bits per heavy atom. The van der Waals surface area contributed by atoms with Crippen molar-refractivity contribution in [1.82, 2.24) is 15.0 Å². The van der Waals surface area contributed by atoms with Crippen LogP contribution in [-0.2, 0) is 4.79 Å². The van der Waals surface area contributed by atoms with E-state index < -0.39 is 0 Å². The Kier molecular flexibility index (Phi) is 5.68. The Hall–Kier alpha value is -3.52. The molecular weight excluding hydrogens is 434 g/mol. The van der Waals surface area contributed by atoms with E-state index in [1.807, 2.05) is 48.8 Å². The van der Waals surface area contributed by atoms with E-state index in [0.717, 1.165) is 45.0 Å². The molecule has 1 saturated carbocycles. The van der Waals surface area contributed by atoms with E-state index in [9.17, 15) is 4.79 Å². The summed E-state index contributed by atoms with van der Waals surface area (Å²) in [5.41, 5.74) is 11.1. The molecule has 1 aliphatic carbocycles. The number of benzene rings is 2. The van der Waals surface area contributed by atoms with E-state index in [-0.39, 0.29) is 24.0 Å². The van der Waals surface area contributed by atoms with E-state index in [0.29, 0.717) is 12.2 Å². The molecule has 0 radical (unpaired) electrons. The van der Waals surface area contributed by atoms with Crippen molar-refractivity contribution >= 4 is 33.3 Å². The van der Waals surface area contributed by atoms with Gasteiger partial charge in [-0.3, -0.25) is 4.79 Å². The summed E-state index contributed by atoms with van der Waals surface area (Å²) in [4.78, 5) is 24.7. The van der Waals surface area contributed by atoms with E-state index >= 15 is 0 Å². The lowest BCUT2D eigenvalue weighted by Gasteiger charge is -2.17. The maximum Gasteiger partial charge on any atom is 0.217 e. The predicted octanol–water partition coefficient (Wildman–Crippen LogP) is 4.88. The third kappa shape index (κ3) is 4.96. The molecule has 1 aliphatic rings. The van der Waals surface area contributed by atoms with Gasteiger partial charge in [0.1, 0.15) is 23.5 Å². The summed E-state index contributed by atoms with van der Waals surface area (Å²) in [6.45, 7) is 3.99. The number of nitrogens with two attached hydrogens (primary N) is 1. The van der Waals surface area contributed by atoms with Crippen LogP contribution in [0.15, 0.2) is 54.0 Å². The molecule has 33 heavy (non-hydrogen) atoms. The zero-order valence-electron chi connectivity index (χ0n) is 18.5. The highest BCUT2D eigenvalue weighted by Crippen LogP contribution is 2.38. The number of aromatic nitrogens is 3. The third-order valence-electron chi connectivity index (χ3n) is 5.80. The average molecular weight is 460 g/mol. The molecule has 0 spiro atoms. The number of nitrogens with one attached hydrogen (secondary N) is 1. The monoisotopic (exact) mass is 459 g/mol. The van der Waals surface area contributed by atoms with Gasteiger partial charge < -0.3 is 15.8 Å². The van der Waals surface area contributed by atoms with Crippen LogP contribution in [0.25, 0.3) is 21.5 Å². The highest BCUT2D eigenvalue weighted by Gasteiger charge is 2.40. The van der Waals surface area contributed by atoms with Crippen molar-refractivity contribution in [2.75, 3.05) is 5.32 Å². The van der Waals surface area contributed by atoms with E-state index in [2.05, 4.69) is 39.3 Å². The van der Waals surface area contributed by atoms with Crippen LogP contribution < -0.4 is 15.8 Å². The van der Waals surface area contributed by atoms with Gasteiger partial charge in [0.15, 0.2) is 0 Å². The number of thiazole rings is 1. The SMILES string of the molecule is Cc1nc(NC(C)c2cccc(OC3CC3CC(N)=O)c2)cc(-c2ccc3ncsc3c2)n1. The maximum absolute atomic E-state index is 11.1. The lowest BCUT2D eigenvalue weighted by molar-refractivity contribution is -0.118. The second kappa shape index (κ2) is 8.78. The Balaban J connectivity index is 1.31. The number of hydrogen-bond acceptors (Lipinski definition) is 7. The molecule has 2 heterocycles. The lowest BCUT2D eigenvalue weighted by atomic mass is 10.1. The summed E-state index contributed by atoms with van der Waals surface area (Å²) in [6, 6.07) is 16.2. The average Bonchev–Trinajstić information content (AvgIpc) is 3.30. The van der Waals surface area contributed by atoms with Gasteiger partial charge in [-0.2, -0.15) is 0 Å². The van der Waals surface area contributed by atoms with Crippen LogP contribution in [0.1, 0.15) is 37.2 Å². The number of nitrogens with zero attached hydrogens (tertiary/aromatic N) is 3. The quantitative estimate of drug-likeness (QED) is 0.389. The molecule has 168 valence electrons. The number of anilines is 1. The van der Waals surface area contributed by atoms with Crippen molar-refractivity contribution in [3.05, 3.63) is 65.4 Å². The van der Waals surface area contributed by atoms with Crippen molar-refractivity contribution in [3.8, 4) is 17.0 Å². The molecule has 7 nitrogen and oxygen atoms in total.